The molecule has 1 atom stereocenters. The standard InChI is InChI=1S/C16H24FNO2/c1-3-14(4-2)18(7-8-19)11-15-10-12-9-13(17)5-6-16(12)20-15/h5-6,9,14-15,19H,3-4,7-8,10-11H2,1-2H3. The highest BCUT2D eigenvalue weighted by molar-refractivity contribution is 5.37. The lowest BCUT2D eigenvalue weighted by Gasteiger charge is -2.31. The molecule has 2 rings (SSSR count). The van der Waals surface area contributed by atoms with E-state index in [0.29, 0.717) is 12.6 Å². The molecule has 3 nitrogen and oxygen atoms in total. The van der Waals surface area contributed by atoms with Gasteiger partial charge in [-0.3, -0.25) is 4.90 Å². The monoisotopic (exact) mass is 281 g/mol. The number of hydrogen-bond donors (Lipinski definition) is 1. The highest BCUT2D eigenvalue weighted by Crippen LogP contribution is 2.30. The van der Waals surface area contributed by atoms with Gasteiger partial charge in [0.15, 0.2) is 0 Å². The molecule has 1 unspecified atom stereocenters. The van der Waals surface area contributed by atoms with Crippen molar-refractivity contribution in [3.8, 4) is 5.75 Å². The molecule has 1 heterocycles. The molecule has 0 amide bonds. The van der Waals surface area contributed by atoms with Crippen LogP contribution in [0.1, 0.15) is 32.3 Å². The molecule has 0 spiro atoms. The van der Waals surface area contributed by atoms with Gasteiger partial charge < -0.3 is 9.84 Å². The van der Waals surface area contributed by atoms with E-state index in [1.807, 2.05) is 0 Å². The molecule has 1 aromatic rings. The number of halogens is 1. The molecular formula is C16H24FNO2. The zero-order valence-corrected chi connectivity index (χ0v) is 12.3. The molecule has 0 saturated heterocycles. The Morgan fingerprint density at radius 2 is 2.15 bits per heavy atom. The Bertz CT molecular complexity index is 434. The fraction of sp³-hybridized carbons (Fsp3) is 0.625. The van der Waals surface area contributed by atoms with Crippen molar-refractivity contribution in [2.24, 2.45) is 0 Å². The van der Waals surface area contributed by atoms with Gasteiger partial charge in [-0.25, -0.2) is 4.39 Å². The molecule has 1 aliphatic heterocycles. The Kier molecular flexibility index (Phi) is 5.38. The third kappa shape index (κ3) is 3.49. The van der Waals surface area contributed by atoms with E-state index in [0.717, 1.165) is 37.1 Å². The number of hydrogen-bond acceptors (Lipinski definition) is 3. The fourth-order valence-corrected chi connectivity index (χ4v) is 3.01. The highest BCUT2D eigenvalue weighted by Gasteiger charge is 2.27. The topological polar surface area (TPSA) is 32.7 Å². The van der Waals surface area contributed by atoms with Crippen LogP contribution in [0.15, 0.2) is 18.2 Å². The van der Waals surface area contributed by atoms with Crippen molar-refractivity contribution in [3.05, 3.63) is 29.6 Å². The van der Waals surface area contributed by atoms with Crippen LogP contribution in [0.5, 0.6) is 5.75 Å². The van der Waals surface area contributed by atoms with E-state index in [9.17, 15) is 9.50 Å². The van der Waals surface area contributed by atoms with Gasteiger partial charge in [0, 0.05) is 31.1 Å². The first-order chi connectivity index (χ1) is 9.67. The first-order valence-corrected chi connectivity index (χ1v) is 7.47. The van der Waals surface area contributed by atoms with E-state index in [1.165, 1.54) is 6.07 Å². The Balaban J connectivity index is 1.99. The van der Waals surface area contributed by atoms with Gasteiger partial charge in [-0.2, -0.15) is 0 Å². The third-order valence-corrected chi connectivity index (χ3v) is 4.05. The van der Waals surface area contributed by atoms with Crippen LogP contribution in [0.3, 0.4) is 0 Å². The summed E-state index contributed by atoms with van der Waals surface area (Å²) in [6.07, 6.45) is 2.92. The lowest BCUT2D eigenvalue weighted by molar-refractivity contribution is 0.0921. The maximum atomic E-state index is 13.2. The number of benzene rings is 1. The van der Waals surface area contributed by atoms with Gasteiger partial charge in [0.1, 0.15) is 17.7 Å². The van der Waals surface area contributed by atoms with Crippen LogP contribution in [-0.2, 0) is 6.42 Å². The molecule has 0 aliphatic carbocycles. The SMILES string of the molecule is CCC(CC)N(CCO)CC1Cc2cc(F)ccc2O1. The summed E-state index contributed by atoms with van der Waals surface area (Å²) in [5.74, 6) is 0.588. The molecule has 1 N–H and O–H groups in total. The van der Waals surface area contributed by atoms with Gasteiger partial charge in [-0.1, -0.05) is 13.8 Å². The Morgan fingerprint density at radius 1 is 1.40 bits per heavy atom. The molecular weight excluding hydrogens is 257 g/mol. The molecule has 20 heavy (non-hydrogen) atoms. The summed E-state index contributed by atoms with van der Waals surface area (Å²) >= 11 is 0. The van der Waals surface area contributed by atoms with Crippen LogP contribution in [-0.4, -0.2) is 41.8 Å². The molecule has 1 aromatic carbocycles. The minimum atomic E-state index is -0.208. The van der Waals surface area contributed by atoms with Crippen LogP contribution < -0.4 is 4.74 Å². The summed E-state index contributed by atoms with van der Waals surface area (Å²) in [5, 5.41) is 9.23. The van der Waals surface area contributed by atoms with Crippen molar-refractivity contribution < 1.29 is 14.2 Å². The first kappa shape index (κ1) is 15.3. The predicted octanol–water partition coefficient (Wildman–Crippen LogP) is 2.61. The molecule has 0 aromatic heterocycles. The van der Waals surface area contributed by atoms with Crippen molar-refractivity contribution in [1.82, 2.24) is 4.90 Å². The Labute approximate surface area is 120 Å². The molecule has 4 heteroatoms. The first-order valence-electron chi connectivity index (χ1n) is 7.47. The Hall–Kier alpha value is -1.13. The molecule has 0 bridgehead atoms. The van der Waals surface area contributed by atoms with Crippen molar-refractivity contribution in [3.63, 3.8) is 0 Å². The summed E-state index contributed by atoms with van der Waals surface area (Å²) in [4.78, 5) is 2.28. The number of rotatable bonds is 7. The summed E-state index contributed by atoms with van der Waals surface area (Å²) < 4.78 is 19.1. The van der Waals surface area contributed by atoms with E-state index in [2.05, 4.69) is 18.7 Å². The number of nitrogens with zero attached hydrogens (tertiary/aromatic N) is 1. The lowest BCUT2D eigenvalue weighted by atomic mass is 10.1. The highest BCUT2D eigenvalue weighted by atomic mass is 19.1. The van der Waals surface area contributed by atoms with Gasteiger partial charge in [-0.15, -0.1) is 0 Å². The largest absolute Gasteiger partial charge is 0.488 e. The number of ether oxygens (including phenoxy) is 1. The summed E-state index contributed by atoms with van der Waals surface area (Å²) in [6, 6.07) is 5.17. The summed E-state index contributed by atoms with van der Waals surface area (Å²) in [5.41, 5.74) is 0.948. The van der Waals surface area contributed by atoms with Gasteiger partial charge in [0.05, 0.1) is 6.61 Å². The van der Waals surface area contributed by atoms with Crippen LogP contribution in [0.2, 0.25) is 0 Å². The number of aliphatic hydroxyl groups is 1. The van der Waals surface area contributed by atoms with E-state index in [4.69, 9.17) is 4.74 Å². The van der Waals surface area contributed by atoms with Crippen molar-refractivity contribution in [2.75, 3.05) is 19.7 Å². The minimum absolute atomic E-state index is 0.0546. The Morgan fingerprint density at radius 3 is 2.80 bits per heavy atom. The van der Waals surface area contributed by atoms with Gasteiger partial charge in [-0.05, 0) is 31.0 Å². The number of aliphatic hydroxyl groups excluding tert-OH is 1. The van der Waals surface area contributed by atoms with Crippen LogP contribution in [0.25, 0.3) is 0 Å². The van der Waals surface area contributed by atoms with Crippen molar-refractivity contribution in [1.29, 1.82) is 0 Å². The molecule has 112 valence electrons. The molecule has 0 fully saturated rings. The normalized spacial score (nSPS) is 17.6. The number of fused-ring (bicyclic) bond motifs is 1. The van der Waals surface area contributed by atoms with Gasteiger partial charge in [0.25, 0.3) is 0 Å². The van der Waals surface area contributed by atoms with E-state index < -0.39 is 0 Å². The summed E-state index contributed by atoms with van der Waals surface area (Å²) in [7, 11) is 0. The lowest BCUT2D eigenvalue weighted by Crippen LogP contribution is -2.43. The van der Waals surface area contributed by atoms with Crippen molar-refractivity contribution in [2.45, 2.75) is 45.3 Å². The van der Waals surface area contributed by atoms with Gasteiger partial charge in [0.2, 0.25) is 0 Å². The third-order valence-electron chi connectivity index (χ3n) is 4.05. The quantitative estimate of drug-likeness (QED) is 0.834. The van der Waals surface area contributed by atoms with Crippen LogP contribution >= 0.6 is 0 Å². The molecule has 0 saturated carbocycles. The smallest absolute Gasteiger partial charge is 0.123 e. The fourth-order valence-electron chi connectivity index (χ4n) is 3.01. The molecule has 1 aliphatic rings. The zero-order valence-electron chi connectivity index (χ0n) is 12.3. The second-order valence-electron chi connectivity index (χ2n) is 5.38. The van der Waals surface area contributed by atoms with Crippen LogP contribution in [0, 0.1) is 5.82 Å². The maximum absolute atomic E-state index is 13.2. The average Bonchev–Trinajstić information content (AvgIpc) is 2.81. The van der Waals surface area contributed by atoms with E-state index in [-0.39, 0.29) is 18.5 Å². The maximum Gasteiger partial charge on any atom is 0.123 e. The van der Waals surface area contributed by atoms with E-state index in [1.54, 1.807) is 12.1 Å². The van der Waals surface area contributed by atoms with E-state index >= 15 is 0 Å². The second-order valence-corrected chi connectivity index (χ2v) is 5.38. The van der Waals surface area contributed by atoms with Crippen molar-refractivity contribution >= 4 is 0 Å². The average molecular weight is 281 g/mol. The zero-order chi connectivity index (χ0) is 14.5. The van der Waals surface area contributed by atoms with Crippen LogP contribution in [0.4, 0.5) is 4.39 Å². The summed E-state index contributed by atoms with van der Waals surface area (Å²) in [6.45, 7) is 5.93. The predicted molar refractivity (Wildman–Crippen MR) is 77.5 cm³/mol. The second kappa shape index (κ2) is 7.04. The minimum Gasteiger partial charge on any atom is -0.488 e. The van der Waals surface area contributed by atoms with Gasteiger partial charge >= 0.3 is 0 Å². The molecule has 0 radical (unpaired) electrons.